The third-order valence-corrected chi connectivity index (χ3v) is 2.49. The summed E-state index contributed by atoms with van der Waals surface area (Å²) in [5.41, 5.74) is 5.61. The van der Waals surface area contributed by atoms with Crippen LogP contribution in [0.1, 0.15) is 16.1 Å². The SMILES string of the molecule is Nc1c(F)ccc(NCc2cccnn2)c1C(=O)O. The van der Waals surface area contributed by atoms with Gasteiger partial charge in [-0.25, -0.2) is 9.18 Å². The minimum Gasteiger partial charge on any atom is -0.478 e. The van der Waals surface area contributed by atoms with E-state index in [1.54, 1.807) is 12.1 Å². The van der Waals surface area contributed by atoms with Crippen molar-refractivity contribution in [2.45, 2.75) is 6.54 Å². The molecule has 0 aliphatic carbocycles. The van der Waals surface area contributed by atoms with Crippen LogP contribution in [0.2, 0.25) is 0 Å². The Morgan fingerprint density at radius 3 is 2.84 bits per heavy atom. The molecule has 0 saturated carbocycles. The van der Waals surface area contributed by atoms with Crippen LogP contribution in [-0.4, -0.2) is 21.3 Å². The highest BCUT2D eigenvalue weighted by Crippen LogP contribution is 2.25. The first-order valence-corrected chi connectivity index (χ1v) is 5.41. The van der Waals surface area contributed by atoms with Gasteiger partial charge in [-0.1, -0.05) is 0 Å². The van der Waals surface area contributed by atoms with E-state index >= 15 is 0 Å². The lowest BCUT2D eigenvalue weighted by molar-refractivity contribution is 0.0698. The maximum Gasteiger partial charge on any atom is 0.340 e. The largest absolute Gasteiger partial charge is 0.478 e. The van der Waals surface area contributed by atoms with Gasteiger partial charge in [-0.3, -0.25) is 0 Å². The summed E-state index contributed by atoms with van der Waals surface area (Å²) in [6.07, 6.45) is 1.53. The van der Waals surface area contributed by atoms with Crippen molar-refractivity contribution in [1.29, 1.82) is 0 Å². The van der Waals surface area contributed by atoms with Crippen molar-refractivity contribution in [3.63, 3.8) is 0 Å². The topological polar surface area (TPSA) is 101 Å². The molecule has 1 aromatic carbocycles. The van der Waals surface area contributed by atoms with Crippen LogP contribution in [0.5, 0.6) is 0 Å². The Labute approximate surface area is 108 Å². The molecule has 0 amide bonds. The summed E-state index contributed by atoms with van der Waals surface area (Å²) in [6, 6.07) is 5.88. The molecule has 19 heavy (non-hydrogen) atoms. The molecule has 0 atom stereocenters. The molecular weight excluding hydrogens is 251 g/mol. The molecule has 98 valence electrons. The van der Waals surface area contributed by atoms with Crippen LogP contribution in [0, 0.1) is 5.82 Å². The number of aromatic carboxylic acids is 1. The smallest absolute Gasteiger partial charge is 0.340 e. The number of rotatable bonds is 4. The molecule has 4 N–H and O–H groups in total. The normalized spacial score (nSPS) is 10.2. The lowest BCUT2D eigenvalue weighted by Crippen LogP contribution is -2.11. The number of nitrogens with zero attached hydrogens (tertiary/aromatic N) is 2. The molecule has 6 nitrogen and oxygen atoms in total. The second-order valence-corrected chi connectivity index (χ2v) is 3.76. The van der Waals surface area contributed by atoms with Gasteiger partial charge in [-0.05, 0) is 24.3 Å². The van der Waals surface area contributed by atoms with Crippen LogP contribution in [0.4, 0.5) is 15.8 Å². The maximum absolute atomic E-state index is 13.2. The Kier molecular flexibility index (Phi) is 3.56. The minimum absolute atomic E-state index is 0.233. The van der Waals surface area contributed by atoms with E-state index < -0.39 is 17.5 Å². The average molecular weight is 262 g/mol. The molecule has 0 unspecified atom stereocenters. The van der Waals surface area contributed by atoms with Crippen LogP contribution < -0.4 is 11.1 Å². The van der Waals surface area contributed by atoms with Crippen molar-refractivity contribution in [2.75, 3.05) is 11.1 Å². The zero-order valence-corrected chi connectivity index (χ0v) is 9.80. The van der Waals surface area contributed by atoms with E-state index in [4.69, 9.17) is 10.8 Å². The minimum atomic E-state index is -1.29. The third-order valence-electron chi connectivity index (χ3n) is 2.49. The first-order chi connectivity index (χ1) is 9.09. The number of nitrogen functional groups attached to an aromatic ring is 1. The number of carboxylic acid groups (broad SMARTS) is 1. The molecule has 7 heteroatoms. The van der Waals surface area contributed by atoms with Gasteiger partial charge in [0.2, 0.25) is 0 Å². The lowest BCUT2D eigenvalue weighted by atomic mass is 10.1. The molecule has 0 aliphatic rings. The van der Waals surface area contributed by atoms with Gasteiger partial charge in [-0.15, -0.1) is 0 Å². The fourth-order valence-corrected chi connectivity index (χ4v) is 1.59. The van der Waals surface area contributed by atoms with Gasteiger partial charge in [0.15, 0.2) is 0 Å². The van der Waals surface area contributed by atoms with E-state index in [-0.39, 0.29) is 17.8 Å². The third kappa shape index (κ3) is 2.76. The van der Waals surface area contributed by atoms with Crippen LogP contribution in [0.25, 0.3) is 0 Å². The molecule has 1 aromatic heterocycles. The van der Waals surface area contributed by atoms with Crippen LogP contribution in [0.3, 0.4) is 0 Å². The van der Waals surface area contributed by atoms with Gasteiger partial charge in [0.05, 0.1) is 23.6 Å². The number of carbonyl (C=O) groups is 1. The summed E-state index contributed by atoms with van der Waals surface area (Å²) >= 11 is 0. The summed E-state index contributed by atoms with van der Waals surface area (Å²) in [6.45, 7) is 0.263. The summed E-state index contributed by atoms with van der Waals surface area (Å²) in [5, 5.41) is 19.4. The standard InChI is InChI=1S/C12H11FN4O2/c13-8-3-4-9(10(11(8)14)12(18)19)15-6-7-2-1-5-16-17-7/h1-5,15H,6,14H2,(H,18,19). The Morgan fingerprint density at radius 1 is 1.42 bits per heavy atom. The monoisotopic (exact) mass is 262 g/mol. The molecule has 0 spiro atoms. The Bertz CT molecular complexity index is 604. The molecule has 1 heterocycles. The summed E-state index contributed by atoms with van der Waals surface area (Å²) in [7, 11) is 0. The fraction of sp³-hybridized carbons (Fsp3) is 0.0833. The van der Waals surface area contributed by atoms with E-state index in [1.807, 2.05) is 0 Å². The quantitative estimate of drug-likeness (QED) is 0.722. The van der Waals surface area contributed by atoms with Crippen LogP contribution in [-0.2, 0) is 6.54 Å². The van der Waals surface area contributed by atoms with Crippen molar-refractivity contribution in [3.8, 4) is 0 Å². The lowest BCUT2D eigenvalue weighted by Gasteiger charge is -2.11. The molecule has 0 bridgehead atoms. The van der Waals surface area contributed by atoms with Crippen LogP contribution in [0.15, 0.2) is 30.5 Å². The predicted molar refractivity (Wildman–Crippen MR) is 67.1 cm³/mol. The summed E-state index contributed by atoms with van der Waals surface area (Å²) in [5.74, 6) is -2.05. The first-order valence-electron chi connectivity index (χ1n) is 5.41. The van der Waals surface area contributed by atoms with E-state index in [1.165, 1.54) is 12.3 Å². The van der Waals surface area contributed by atoms with Gasteiger partial charge in [-0.2, -0.15) is 10.2 Å². The molecule has 2 rings (SSSR count). The number of halogens is 1. The predicted octanol–water partition coefficient (Wildman–Crippen LogP) is 1.51. The molecular formula is C12H11FN4O2. The van der Waals surface area contributed by atoms with E-state index in [0.29, 0.717) is 5.69 Å². The van der Waals surface area contributed by atoms with Gasteiger partial charge >= 0.3 is 5.97 Å². The highest BCUT2D eigenvalue weighted by Gasteiger charge is 2.17. The van der Waals surface area contributed by atoms with E-state index in [2.05, 4.69) is 15.5 Å². The number of carboxylic acids is 1. The van der Waals surface area contributed by atoms with Gasteiger partial charge in [0, 0.05) is 6.20 Å². The average Bonchev–Trinajstić information content (AvgIpc) is 2.41. The Hall–Kier alpha value is -2.70. The van der Waals surface area contributed by atoms with Crippen molar-refractivity contribution in [3.05, 3.63) is 47.5 Å². The van der Waals surface area contributed by atoms with Gasteiger partial charge < -0.3 is 16.2 Å². The first kappa shape index (κ1) is 12.7. The fourth-order valence-electron chi connectivity index (χ4n) is 1.59. The zero-order valence-electron chi connectivity index (χ0n) is 9.80. The molecule has 0 saturated heterocycles. The summed E-state index contributed by atoms with van der Waals surface area (Å²) in [4.78, 5) is 11.1. The Balaban J connectivity index is 2.26. The highest BCUT2D eigenvalue weighted by molar-refractivity contribution is 6.00. The van der Waals surface area contributed by atoms with Crippen molar-refractivity contribution >= 4 is 17.3 Å². The number of nitrogens with one attached hydrogen (secondary N) is 1. The number of nitrogens with two attached hydrogens (primary N) is 1. The molecule has 2 aromatic rings. The van der Waals surface area contributed by atoms with E-state index in [9.17, 15) is 9.18 Å². The number of aromatic nitrogens is 2. The second-order valence-electron chi connectivity index (χ2n) is 3.76. The molecule has 0 aliphatic heterocycles. The zero-order chi connectivity index (χ0) is 13.8. The van der Waals surface area contributed by atoms with Gasteiger partial charge in [0.25, 0.3) is 0 Å². The van der Waals surface area contributed by atoms with E-state index in [0.717, 1.165) is 6.07 Å². The van der Waals surface area contributed by atoms with Crippen LogP contribution >= 0.6 is 0 Å². The number of hydrogen-bond acceptors (Lipinski definition) is 5. The molecule has 0 radical (unpaired) electrons. The maximum atomic E-state index is 13.2. The molecule has 0 fully saturated rings. The number of benzene rings is 1. The summed E-state index contributed by atoms with van der Waals surface area (Å²) < 4.78 is 13.2. The number of hydrogen-bond donors (Lipinski definition) is 3. The highest BCUT2D eigenvalue weighted by atomic mass is 19.1. The van der Waals surface area contributed by atoms with Crippen molar-refractivity contribution < 1.29 is 14.3 Å². The Morgan fingerprint density at radius 2 is 2.21 bits per heavy atom. The second kappa shape index (κ2) is 5.30. The number of anilines is 2. The van der Waals surface area contributed by atoms with Crippen molar-refractivity contribution in [2.24, 2.45) is 0 Å². The van der Waals surface area contributed by atoms with Crippen molar-refractivity contribution in [1.82, 2.24) is 10.2 Å². The van der Waals surface area contributed by atoms with Gasteiger partial charge in [0.1, 0.15) is 11.4 Å².